The maximum Gasteiger partial charge on any atom is 0.308 e. The summed E-state index contributed by atoms with van der Waals surface area (Å²) in [6, 6.07) is 0. The van der Waals surface area contributed by atoms with Crippen LogP contribution < -0.4 is 0 Å². The predicted octanol–water partition coefficient (Wildman–Crippen LogP) is 3.51. The summed E-state index contributed by atoms with van der Waals surface area (Å²) < 4.78 is 10.8. The Morgan fingerprint density at radius 2 is 1.75 bits per heavy atom. The molecule has 0 atom stereocenters. The number of esters is 1. The fourth-order valence-electron chi connectivity index (χ4n) is 1.18. The van der Waals surface area contributed by atoms with E-state index in [2.05, 4.69) is 26.2 Å². The molecule has 0 amide bonds. The van der Waals surface area contributed by atoms with Crippen molar-refractivity contribution < 1.29 is 14.0 Å². The maximum absolute atomic E-state index is 10.8. The largest absolute Gasteiger partial charge is 0.546 e. The van der Waals surface area contributed by atoms with Gasteiger partial charge in [-0.2, -0.15) is 0 Å². The Labute approximate surface area is 103 Å². The molecule has 0 saturated carbocycles. The summed E-state index contributed by atoms with van der Waals surface area (Å²) in [5, 5.41) is 0. The van der Waals surface area contributed by atoms with E-state index in [1.54, 1.807) is 0 Å². The van der Waals surface area contributed by atoms with Gasteiger partial charge in [-0.1, -0.05) is 6.58 Å². The third kappa shape index (κ3) is 6.02. The van der Waals surface area contributed by atoms with E-state index in [9.17, 15) is 4.79 Å². The van der Waals surface area contributed by atoms with Crippen molar-refractivity contribution in [3.05, 3.63) is 23.0 Å². The van der Waals surface area contributed by atoms with Crippen LogP contribution in [0.4, 0.5) is 0 Å². The van der Waals surface area contributed by atoms with Crippen LogP contribution in [0.25, 0.3) is 0 Å². The van der Waals surface area contributed by atoms with Crippen LogP contribution in [0.1, 0.15) is 13.8 Å². The van der Waals surface area contributed by atoms with Crippen molar-refractivity contribution in [2.75, 3.05) is 6.26 Å². The molecule has 16 heavy (non-hydrogen) atoms. The van der Waals surface area contributed by atoms with Crippen molar-refractivity contribution in [2.24, 2.45) is 0 Å². The molecule has 92 valence electrons. The van der Waals surface area contributed by atoms with Crippen molar-refractivity contribution in [1.29, 1.82) is 0 Å². The van der Waals surface area contributed by atoms with Gasteiger partial charge in [-0.25, -0.2) is 0 Å². The lowest BCUT2D eigenvalue weighted by Gasteiger charge is -2.22. The highest BCUT2D eigenvalue weighted by Crippen LogP contribution is 2.27. The SMILES string of the molecule is C=C(OC(C)=O)/C(SC)=C(\C)O[Si](C)(C)C. The van der Waals surface area contributed by atoms with Gasteiger partial charge in [0.1, 0.15) is 5.76 Å². The zero-order valence-electron chi connectivity index (χ0n) is 10.8. The van der Waals surface area contributed by atoms with Crippen LogP contribution in [0.2, 0.25) is 19.6 Å². The van der Waals surface area contributed by atoms with Gasteiger partial charge >= 0.3 is 5.97 Å². The first-order valence-corrected chi connectivity index (χ1v) is 9.62. The summed E-state index contributed by atoms with van der Waals surface area (Å²) in [4.78, 5) is 11.6. The van der Waals surface area contributed by atoms with Crippen LogP contribution in [0.3, 0.4) is 0 Å². The molecule has 0 unspecified atom stereocenters. The summed E-state index contributed by atoms with van der Waals surface area (Å²) in [6.45, 7) is 13.3. The van der Waals surface area contributed by atoms with E-state index >= 15 is 0 Å². The molecule has 0 radical (unpaired) electrons. The van der Waals surface area contributed by atoms with Gasteiger partial charge < -0.3 is 9.16 Å². The summed E-state index contributed by atoms with van der Waals surface area (Å²) >= 11 is 1.47. The number of carbonyl (C=O) groups excluding carboxylic acids is 1. The minimum absolute atomic E-state index is 0.357. The Morgan fingerprint density at radius 1 is 1.25 bits per heavy atom. The average molecular weight is 260 g/mol. The quantitative estimate of drug-likeness (QED) is 0.328. The first kappa shape index (κ1) is 15.3. The Bertz CT molecular complexity index is 316. The van der Waals surface area contributed by atoms with Crippen LogP contribution in [0.15, 0.2) is 23.0 Å². The van der Waals surface area contributed by atoms with E-state index in [-0.39, 0.29) is 5.97 Å². The molecule has 3 nitrogen and oxygen atoms in total. The molecule has 0 spiro atoms. The van der Waals surface area contributed by atoms with Crippen molar-refractivity contribution >= 4 is 26.0 Å². The standard InChI is InChI=1S/C11H20O3SSi/c1-8(13-10(3)12)11(15-4)9(2)14-16(5,6)7/h1H2,2-7H3/b11-9-. The molecule has 0 aliphatic heterocycles. The van der Waals surface area contributed by atoms with Crippen molar-refractivity contribution in [2.45, 2.75) is 33.5 Å². The number of hydrogen-bond donors (Lipinski definition) is 0. The van der Waals surface area contributed by atoms with E-state index in [4.69, 9.17) is 9.16 Å². The van der Waals surface area contributed by atoms with Crippen LogP contribution >= 0.6 is 11.8 Å². The van der Waals surface area contributed by atoms with Gasteiger partial charge in [0.25, 0.3) is 0 Å². The second-order valence-electron chi connectivity index (χ2n) is 4.32. The highest BCUT2D eigenvalue weighted by Gasteiger charge is 2.19. The van der Waals surface area contributed by atoms with E-state index < -0.39 is 8.32 Å². The molecular weight excluding hydrogens is 240 g/mol. The second-order valence-corrected chi connectivity index (χ2v) is 9.57. The molecular formula is C11H20O3SSi. The van der Waals surface area contributed by atoms with E-state index in [0.29, 0.717) is 5.76 Å². The molecule has 0 aliphatic carbocycles. The van der Waals surface area contributed by atoms with Crippen LogP contribution in [-0.4, -0.2) is 20.5 Å². The van der Waals surface area contributed by atoms with E-state index in [0.717, 1.165) is 10.7 Å². The molecule has 0 saturated heterocycles. The fourth-order valence-corrected chi connectivity index (χ4v) is 2.87. The predicted molar refractivity (Wildman–Crippen MR) is 71.6 cm³/mol. The molecule has 0 rings (SSSR count). The van der Waals surface area contributed by atoms with Gasteiger partial charge in [-0.3, -0.25) is 4.79 Å². The zero-order chi connectivity index (χ0) is 12.9. The number of thioether (sulfide) groups is 1. The fraction of sp³-hybridized carbons (Fsp3) is 0.545. The third-order valence-corrected chi connectivity index (χ3v) is 3.35. The molecule has 0 fully saturated rings. The topological polar surface area (TPSA) is 35.5 Å². The Kier molecular flexibility index (Phi) is 5.89. The lowest BCUT2D eigenvalue weighted by atomic mass is 10.4. The van der Waals surface area contributed by atoms with Gasteiger partial charge in [-0.15, -0.1) is 11.8 Å². The minimum atomic E-state index is -1.64. The molecule has 0 heterocycles. The zero-order valence-corrected chi connectivity index (χ0v) is 12.7. The summed E-state index contributed by atoms with van der Waals surface area (Å²) in [6.07, 6.45) is 1.90. The van der Waals surface area contributed by atoms with E-state index in [1.165, 1.54) is 18.7 Å². The molecule has 5 heteroatoms. The molecule has 0 aromatic heterocycles. The minimum Gasteiger partial charge on any atom is -0.546 e. The lowest BCUT2D eigenvalue weighted by molar-refractivity contribution is -0.136. The maximum atomic E-state index is 10.8. The van der Waals surface area contributed by atoms with Crippen LogP contribution in [0, 0.1) is 0 Å². The normalized spacial score (nSPS) is 12.9. The lowest BCUT2D eigenvalue weighted by Crippen LogP contribution is -2.24. The van der Waals surface area contributed by atoms with Crippen molar-refractivity contribution in [3.63, 3.8) is 0 Å². The van der Waals surface area contributed by atoms with Gasteiger partial charge in [-0.05, 0) is 32.8 Å². The third-order valence-electron chi connectivity index (χ3n) is 1.50. The number of rotatable bonds is 5. The molecule has 0 aromatic carbocycles. The smallest absolute Gasteiger partial charge is 0.308 e. The van der Waals surface area contributed by atoms with Gasteiger partial charge in [0.05, 0.1) is 10.7 Å². The molecule has 0 aliphatic rings. The Hall–Kier alpha value is -0.683. The summed E-state index contributed by atoms with van der Waals surface area (Å²) in [5.41, 5.74) is 0. The van der Waals surface area contributed by atoms with Crippen molar-refractivity contribution in [1.82, 2.24) is 0 Å². The highest BCUT2D eigenvalue weighted by molar-refractivity contribution is 8.02. The van der Waals surface area contributed by atoms with Crippen molar-refractivity contribution in [3.8, 4) is 0 Å². The molecule has 0 N–H and O–H groups in total. The number of ether oxygens (including phenoxy) is 1. The first-order valence-electron chi connectivity index (χ1n) is 4.99. The van der Waals surface area contributed by atoms with E-state index in [1.807, 2.05) is 13.2 Å². The van der Waals surface area contributed by atoms with Crippen LogP contribution in [-0.2, 0) is 14.0 Å². The van der Waals surface area contributed by atoms with Gasteiger partial charge in [0.15, 0.2) is 0 Å². The number of hydrogen-bond acceptors (Lipinski definition) is 4. The average Bonchev–Trinajstić information content (AvgIpc) is 1.99. The highest BCUT2D eigenvalue weighted by atomic mass is 32.2. The Balaban J connectivity index is 4.87. The molecule has 0 aromatic rings. The summed E-state index contributed by atoms with van der Waals surface area (Å²) in [5.74, 6) is 0.769. The monoisotopic (exact) mass is 260 g/mol. The second kappa shape index (κ2) is 6.15. The van der Waals surface area contributed by atoms with Gasteiger partial charge in [0, 0.05) is 6.92 Å². The first-order chi connectivity index (χ1) is 7.17. The van der Waals surface area contributed by atoms with Crippen LogP contribution in [0.5, 0.6) is 0 Å². The van der Waals surface area contributed by atoms with Gasteiger partial charge in [0.2, 0.25) is 8.32 Å². The summed E-state index contributed by atoms with van der Waals surface area (Å²) in [7, 11) is -1.64. The Morgan fingerprint density at radius 3 is 2.06 bits per heavy atom. The number of allylic oxidation sites excluding steroid dienone is 1. The molecule has 0 bridgehead atoms. The number of carbonyl (C=O) groups is 1.